The van der Waals surface area contributed by atoms with Crippen LogP contribution in [0.15, 0.2) is 28.0 Å². The standard InChI is InChI=1S/C22H24N6O4S/c1-12-11-23-22(33(4,29)30)25-19(12)20-15-8-9-16(18-13(2)27-32-14(18)3)24-21(15)28(26-20)17-7-5-6-10-31-17/h8-9,11,17H,5-7,10H2,1-4H3. The lowest BCUT2D eigenvalue weighted by Crippen LogP contribution is -2.19. The lowest BCUT2D eigenvalue weighted by Gasteiger charge is -2.23. The first-order chi connectivity index (χ1) is 15.7. The molecule has 0 bridgehead atoms. The maximum atomic E-state index is 12.1. The van der Waals surface area contributed by atoms with Gasteiger partial charge in [-0.3, -0.25) is 0 Å². The monoisotopic (exact) mass is 468 g/mol. The van der Waals surface area contributed by atoms with Crippen molar-refractivity contribution < 1.29 is 17.7 Å². The van der Waals surface area contributed by atoms with E-state index in [1.165, 1.54) is 6.20 Å². The molecule has 0 N–H and O–H groups in total. The van der Waals surface area contributed by atoms with Crippen molar-refractivity contribution in [3.63, 3.8) is 0 Å². The van der Waals surface area contributed by atoms with Gasteiger partial charge in [-0.1, -0.05) is 5.16 Å². The van der Waals surface area contributed by atoms with Crippen LogP contribution in [-0.4, -0.2) is 51.2 Å². The highest BCUT2D eigenvalue weighted by molar-refractivity contribution is 7.90. The third-order valence-electron chi connectivity index (χ3n) is 5.78. The number of fused-ring (bicyclic) bond motifs is 1. The molecule has 5 heterocycles. The lowest BCUT2D eigenvalue weighted by atomic mass is 10.1. The van der Waals surface area contributed by atoms with Crippen LogP contribution in [0.3, 0.4) is 0 Å². The molecule has 1 atom stereocenters. The van der Waals surface area contributed by atoms with Gasteiger partial charge in [0.15, 0.2) is 11.9 Å². The van der Waals surface area contributed by atoms with Crippen LogP contribution < -0.4 is 0 Å². The molecular formula is C22H24N6O4S. The van der Waals surface area contributed by atoms with E-state index in [1.54, 1.807) is 4.68 Å². The minimum atomic E-state index is -3.58. The van der Waals surface area contributed by atoms with E-state index < -0.39 is 9.84 Å². The van der Waals surface area contributed by atoms with Gasteiger partial charge in [0.2, 0.25) is 15.0 Å². The summed E-state index contributed by atoms with van der Waals surface area (Å²) < 4.78 is 37.3. The zero-order chi connectivity index (χ0) is 23.3. The molecule has 172 valence electrons. The Morgan fingerprint density at radius 1 is 1.09 bits per heavy atom. The van der Waals surface area contributed by atoms with Gasteiger partial charge in [-0.15, -0.1) is 0 Å². The largest absolute Gasteiger partial charge is 0.361 e. The van der Waals surface area contributed by atoms with E-state index in [-0.39, 0.29) is 11.4 Å². The molecule has 0 saturated carbocycles. The molecule has 4 aromatic rings. The van der Waals surface area contributed by atoms with Crippen molar-refractivity contribution in [2.75, 3.05) is 12.9 Å². The first-order valence-electron chi connectivity index (χ1n) is 10.7. The Labute approximate surface area is 190 Å². The van der Waals surface area contributed by atoms with E-state index in [0.29, 0.717) is 35.0 Å². The second-order valence-electron chi connectivity index (χ2n) is 8.34. The molecule has 1 aliphatic rings. The smallest absolute Gasteiger partial charge is 0.247 e. The molecule has 10 nitrogen and oxygen atoms in total. The Morgan fingerprint density at radius 3 is 2.58 bits per heavy atom. The lowest BCUT2D eigenvalue weighted by molar-refractivity contribution is -0.0368. The third-order valence-corrected chi connectivity index (χ3v) is 6.64. The van der Waals surface area contributed by atoms with Crippen molar-refractivity contribution in [1.82, 2.24) is 29.9 Å². The Bertz CT molecular complexity index is 1450. The summed E-state index contributed by atoms with van der Waals surface area (Å²) in [5, 5.41) is 9.40. The topological polar surface area (TPSA) is 126 Å². The van der Waals surface area contributed by atoms with Crippen LogP contribution in [0.1, 0.15) is 42.5 Å². The number of nitrogens with zero attached hydrogens (tertiary/aromatic N) is 6. The van der Waals surface area contributed by atoms with Gasteiger partial charge in [-0.2, -0.15) is 5.10 Å². The summed E-state index contributed by atoms with van der Waals surface area (Å²) in [5.74, 6) is 0.684. The molecule has 0 amide bonds. The SMILES string of the molecule is Cc1cnc(S(C)(=O)=O)nc1-c1nn(C2CCCCO2)c2nc(-c3c(C)noc3C)ccc12. The normalized spacial score (nSPS) is 17.0. The molecule has 33 heavy (non-hydrogen) atoms. The van der Waals surface area contributed by atoms with Crippen molar-refractivity contribution in [2.45, 2.75) is 51.4 Å². The second kappa shape index (κ2) is 7.99. The summed E-state index contributed by atoms with van der Waals surface area (Å²) in [7, 11) is -3.58. The number of rotatable bonds is 4. The second-order valence-corrected chi connectivity index (χ2v) is 10.2. The number of aromatic nitrogens is 6. The van der Waals surface area contributed by atoms with E-state index in [1.807, 2.05) is 32.9 Å². The molecule has 1 aliphatic heterocycles. The van der Waals surface area contributed by atoms with E-state index in [9.17, 15) is 8.42 Å². The zero-order valence-corrected chi connectivity index (χ0v) is 19.7. The van der Waals surface area contributed by atoms with E-state index in [4.69, 9.17) is 19.3 Å². The predicted molar refractivity (Wildman–Crippen MR) is 120 cm³/mol. The zero-order valence-electron chi connectivity index (χ0n) is 18.9. The minimum Gasteiger partial charge on any atom is -0.361 e. The summed E-state index contributed by atoms with van der Waals surface area (Å²) in [5.41, 5.74) is 4.66. The van der Waals surface area contributed by atoms with Crippen LogP contribution in [-0.2, 0) is 14.6 Å². The summed E-state index contributed by atoms with van der Waals surface area (Å²) in [6.45, 7) is 6.21. The highest BCUT2D eigenvalue weighted by Crippen LogP contribution is 2.35. The summed E-state index contributed by atoms with van der Waals surface area (Å²) in [4.78, 5) is 13.3. The number of hydrogen-bond acceptors (Lipinski definition) is 9. The Hall–Kier alpha value is -3.18. The number of aryl methyl sites for hydroxylation is 3. The molecule has 1 fully saturated rings. The Morgan fingerprint density at radius 2 is 1.91 bits per heavy atom. The minimum absolute atomic E-state index is 0.236. The number of ether oxygens (including phenoxy) is 1. The number of sulfone groups is 1. The van der Waals surface area contributed by atoms with Gasteiger partial charge in [0.05, 0.1) is 22.6 Å². The highest BCUT2D eigenvalue weighted by Gasteiger charge is 2.26. The van der Waals surface area contributed by atoms with Crippen molar-refractivity contribution in [2.24, 2.45) is 0 Å². The summed E-state index contributed by atoms with van der Waals surface area (Å²) >= 11 is 0. The average molecular weight is 469 g/mol. The fraction of sp³-hybridized carbons (Fsp3) is 0.409. The predicted octanol–water partition coefficient (Wildman–Crippen LogP) is 3.57. The van der Waals surface area contributed by atoms with Gasteiger partial charge in [0.1, 0.15) is 11.5 Å². The quantitative estimate of drug-likeness (QED) is 0.413. The molecule has 1 unspecified atom stereocenters. The molecule has 0 spiro atoms. The van der Waals surface area contributed by atoms with Crippen LogP contribution in [0.2, 0.25) is 0 Å². The van der Waals surface area contributed by atoms with E-state index in [2.05, 4.69) is 15.1 Å². The van der Waals surface area contributed by atoms with Crippen LogP contribution >= 0.6 is 0 Å². The summed E-state index contributed by atoms with van der Waals surface area (Å²) in [6, 6.07) is 3.81. The molecule has 1 saturated heterocycles. The molecule has 0 aliphatic carbocycles. The molecule has 0 aromatic carbocycles. The van der Waals surface area contributed by atoms with Crippen molar-refractivity contribution >= 4 is 20.9 Å². The molecule has 4 aromatic heterocycles. The van der Waals surface area contributed by atoms with Gasteiger partial charge in [-0.05, 0) is 57.7 Å². The fourth-order valence-corrected chi connectivity index (χ4v) is 4.64. The van der Waals surface area contributed by atoms with Gasteiger partial charge in [0.25, 0.3) is 0 Å². The van der Waals surface area contributed by atoms with Crippen LogP contribution in [0, 0.1) is 20.8 Å². The van der Waals surface area contributed by atoms with Gasteiger partial charge in [-0.25, -0.2) is 28.1 Å². The van der Waals surface area contributed by atoms with Crippen molar-refractivity contribution in [3.05, 3.63) is 35.3 Å². The first kappa shape index (κ1) is 21.7. The molecule has 5 rings (SSSR count). The molecule has 0 radical (unpaired) electrons. The van der Waals surface area contributed by atoms with Crippen molar-refractivity contribution in [1.29, 1.82) is 0 Å². The molecular weight excluding hydrogens is 444 g/mol. The first-order valence-corrected chi connectivity index (χ1v) is 12.6. The Balaban J connectivity index is 1.76. The van der Waals surface area contributed by atoms with Crippen LogP contribution in [0.5, 0.6) is 0 Å². The number of pyridine rings is 1. The third kappa shape index (κ3) is 3.80. The van der Waals surface area contributed by atoms with E-state index in [0.717, 1.165) is 47.9 Å². The van der Waals surface area contributed by atoms with Crippen molar-refractivity contribution in [3.8, 4) is 22.6 Å². The van der Waals surface area contributed by atoms with Crippen LogP contribution in [0.25, 0.3) is 33.7 Å². The fourth-order valence-electron chi connectivity index (χ4n) is 4.14. The van der Waals surface area contributed by atoms with Gasteiger partial charge >= 0.3 is 0 Å². The van der Waals surface area contributed by atoms with Gasteiger partial charge in [0, 0.05) is 24.4 Å². The maximum Gasteiger partial charge on any atom is 0.247 e. The van der Waals surface area contributed by atoms with Gasteiger partial charge < -0.3 is 9.26 Å². The summed E-state index contributed by atoms with van der Waals surface area (Å²) in [6.07, 6.45) is 5.17. The van der Waals surface area contributed by atoms with Crippen LogP contribution in [0.4, 0.5) is 0 Å². The molecule has 11 heteroatoms. The number of hydrogen-bond donors (Lipinski definition) is 0. The van der Waals surface area contributed by atoms with E-state index >= 15 is 0 Å². The maximum absolute atomic E-state index is 12.1. The average Bonchev–Trinajstić information content (AvgIpc) is 3.33. The highest BCUT2D eigenvalue weighted by atomic mass is 32.2. The Kier molecular flexibility index (Phi) is 5.25.